The summed E-state index contributed by atoms with van der Waals surface area (Å²) >= 11 is 12.3. The van der Waals surface area contributed by atoms with Gasteiger partial charge in [0.1, 0.15) is 6.26 Å². The Morgan fingerprint density at radius 3 is 2.82 bits per heavy atom. The number of aromatic amines is 1. The van der Waals surface area contributed by atoms with Gasteiger partial charge in [-0.25, -0.2) is 4.98 Å². The predicted octanol–water partition coefficient (Wildman–Crippen LogP) is 5.60. The van der Waals surface area contributed by atoms with Crippen molar-refractivity contribution in [3.63, 3.8) is 0 Å². The maximum absolute atomic E-state index is 12.3. The molecule has 2 aromatic carbocycles. The van der Waals surface area contributed by atoms with Crippen LogP contribution in [0.15, 0.2) is 59.3 Å². The van der Waals surface area contributed by atoms with Crippen molar-refractivity contribution in [1.82, 2.24) is 20.2 Å². The lowest BCUT2D eigenvalue weighted by Gasteiger charge is -2.21. The smallest absolute Gasteiger partial charge is 0.273 e. The summed E-state index contributed by atoms with van der Waals surface area (Å²) in [5.41, 5.74) is 3.74. The first-order valence-electron chi connectivity index (χ1n) is 11.0. The summed E-state index contributed by atoms with van der Waals surface area (Å²) in [6.07, 6.45) is 6.40. The molecule has 0 unspecified atom stereocenters. The number of nitrogens with zero attached hydrogens (tertiary/aromatic N) is 2. The maximum atomic E-state index is 12.3. The van der Waals surface area contributed by atoms with Crippen molar-refractivity contribution >= 4 is 40.0 Å². The molecule has 0 saturated heterocycles. The minimum atomic E-state index is -0.178. The molecule has 0 aliphatic heterocycles. The van der Waals surface area contributed by atoms with Gasteiger partial charge in [-0.15, -0.1) is 0 Å². The Morgan fingerprint density at radius 2 is 2.00 bits per heavy atom. The Hall–Kier alpha value is -2.80. The van der Waals surface area contributed by atoms with Gasteiger partial charge in [0.15, 0.2) is 5.69 Å². The number of hydrogen-bond donors (Lipinski definition) is 2. The zero-order chi connectivity index (χ0) is 22.8. The van der Waals surface area contributed by atoms with E-state index in [1.165, 1.54) is 17.2 Å². The third kappa shape index (κ3) is 5.41. The molecule has 8 heteroatoms. The van der Waals surface area contributed by atoms with E-state index in [1.807, 2.05) is 30.3 Å². The molecule has 1 aliphatic rings. The number of carbonyl (C=O) groups excluding carboxylic acids is 1. The molecule has 5 rings (SSSR count). The number of H-pyrrole nitrogens is 1. The Kier molecular flexibility index (Phi) is 6.40. The number of hydrogen-bond acceptors (Lipinski definition) is 4. The molecule has 1 aliphatic carbocycles. The van der Waals surface area contributed by atoms with Crippen LogP contribution >= 0.6 is 23.2 Å². The number of para-hydroxylation sites is 1. The highest BCUT2D eigenvalue weighted by Crippen LogP contribution is 2.24. The fraction of sp³-hybridized carbons (Fsp3) is 0.280. The molecular weight excluding hydrogens is 459 g/mol. The van der Waals surface area contributed by atoms with Gasteiger partial charge in [-0.1, -0.05) is 47.5 Å². The molecule has 1 fully saturated rings. The summed E-state index contributed by atoms with van der Waals surface area (Å²) in [6, 6.07) is 14.2. The third-order valence-electron chi connectivity index (χ3n) is 5.82. The van der Waals surface area contributed by atoms with E-state index in [0.29, 0.717) is 34.7 Å². The summed E-state index contributed by atoms with van der Waals surface area (Å²) < 4.78 is 5.64. The molecule has 170 valence electrons. The van der Waals surface area contributed by atoms with Crippen LogP contribution in [0.25, 0.3) is 10.9 Å². The Labute approximate surface area is 201 Å². The molecular formula is C25H24Cl2N4O2. The first kappa shape index (κ1) is 22.0. The lowest BCUT2D eigenvalue weighted by atomic mass is 10.1. The third-order valence-corrected chi connectivity index (χ3v) is 6.56. The summed E-state index contributed by atoms with van der Waals surface area (Å²) in [7, 11) is 0. The molecule has 6 nitrogen and oxygen atoms in total. The molecule has 2 heterocycles. The fourth-order valence-electron chi connectivity index (χ4n) is 3.89. The van der Waals surface area contributed by atoms with Gasteiger partial charge in [-0.2, -0.15) is 0 Å². The molecule has 4 aromatic rings. The molecule has 1 saturated carbocycles. The molecule has 0 radical (unpaired) electrons. The van der Waals surface area contributed by atoms with Gasteiger partial charge >= 0.3 is 0 Å². The van der Waals surface area contributed by atoms with E-state index in [9.17, 15) is 4.79 Å². The highest BCUT2D eigenvalue weighted by atomic mass is 35.5. The summed E-state index contributed by atoms with van der Waals surface area (Å²) in [6.45, 7) is 1.89. The van der Waals surface area contributed by atoms with Crippen molar-refractivity contribution in [3.05, 3.63) is 87.7 Å². The SMILES string of the molecule is O=C(NC1CC1)c1coc(CN(CCc2c[nH]c3ccccc23)Cc2ccc(Cl)c(Cl)c2)n1. The Bertz CT molecular complexity index is 1280. The number of aromatic nitrogens is 2. The first-order chi connectivity index (χ1) is 16.0. The molecule has 0 spiro atoms. The quantitative estimate of drug-likeness (QED) is 0.325. The van der Waals surface area contributed by atoms with Gasteiger partial charge in [0.25, 0.3) is 5.91 Å². The molecule has 0 atom stereocenters. The summed E-state index contributed by atoms with van der Waals surface area (Å²) in [4.78, 5) is 22.3. The van der Waals surface area contributed by atoms with E-state index in [0.717, 1.165) is 36.9 Å². The van der Waals surface area contributed by atoms with Crippen molar-refractivity contribution in [1.29, 1.82) is 0 Å². The minimum absolute atomic E-state index is 0.178. The van der Waals surface area contributed by atoms with Crippen molar-refractivity contribution in [3.8, 4) is 0 Å². The van der Waals surface area contributed by atoms with Crippen molar-refractivity contribution in [2.45, 2.75) is 38.4 Å². The predicted molar refractivity (Wildman–Crippen MR) is 130 cm³/mol. The number of rotatable bonds is 9. The van der Waals surface area contributed by atoms with Crippen LogP contribution in [0.5, 0.6) is 0 Å². The Morgan fingerprint density at radius 1 is 1.15 bits per heavy atom. The standard InChI is InChI=1S/C25H24Cl2N4O2/c26-20-8-5-16(11-21(20)27)13-31(10-9-17-12-28-22-4-2-1-3-19(17)22)14-24-30-23(15-33-24)25(32)29-18-6-7-18/h1-5,8,11-12,15,18,28H,6-7,9-10,13-14H2,(H,29,32). The van der Waals surface area contributed by atoms with Crippen molar-refractivity contribution in [2.24, 2.45) is 0 Å². The number of fused-ring (bicyclic) bond motifs is 1. The highest BCUT2D eigenvalue weighted by Gasteiger charge is 2.25. The largest absolute Gasteiger partial charge is 0.447 e. The average Bonchev–Trinajstić information content (AvgIpc) is 3.33. The minimum Gasteiger partial charge on any atom is -0.447 e. The van der Waals surface area contributed by atoms with E-state index in [2.05, 4.69) is 38.5 Å². The van der Waals surface area contributed by atoms with Crippen LogP contribution in [-0.2, 0) is 19.5 Å². The van der Waals surface area contributed by atoms with Crippen LogP contribution in [0.4, 0.5) is 0 Å². The van der Waals surface area contributed by atoms with E-state index in [-0.39, 0.29) is 11.9 Å². The molecule has 1 amide bonds. The number of benzene rings is 2. The monoisotopic (exact) mass is 482 g/mol. The molecule has 2 N–H and O–H groups in total. The first-order valence-corrected chi connectivity index (χ1v) is 11.8. The van der Waals surface area contributed by atoms with Crippen LogP contribution in [0, 0.1) is 0 Å². The zero-order valence-electron chi connectivity index (χ0n) is 18.0. The fourth-order valence-corrected chi connectivity index (χ4v) is 4.21. The second kappa shape index (κ2) is 9.59. The normalized spacial score (nSPS) is 13.7. The average molecular weight is 483 g/mol. The van der Waals surface area contributed by atoms with E-state index < -0.39 is 0 Å². The topological polar surface area (TPSA) is 74.2 Å². The van der Waals surface area contributed by atoms with Crippen LogP contribution in [0.1, 0.15) is 40.3 Å². The second-order valence-electron chi connectivity index (χ2n) is 8.44. The van der Waals surface area contributed by atoms with Gasteiger partial charge in [0, 0.05) is 36.2 Å². The maximum Gasteiger partial charge on any atom is 0.273 e. The molecule has 33 heavy (non-hydrogen) atoms. The van der Waals surface area contributed by atoms with Crippen LogP contribution in [0.3, 0.4) is 0 Å². The zero-order valence-corrected chi connectivity index (χ0v) is 19.5. The van der Waals surface area contributed by atoms with Crippen molar-refractivity contribution in [2.75, 3.05) is 6.54 Å². The number of nitrogens with one attached hydrogen (secondary N) is 2. The lowest BCUT2D eigenvalue weighted by Crippen LogP contribution is -2.27. The van der Waals surface area contributed by atoms with E-state index >= 15 is 0 Å². The van der Waals surface area contributed by atoms with E-state index in [4.69, 9.17) is 27.6 Å². The van der Waals surface area contributed by atoms with Gasteiger partial charge in [-0.05, 0) is 48.6 Å². The molecule has 2 aromatic heterocycles. The molecule has 0 bridgehead atoms. The summed E-state index contributed by atoms with van der Waals surface area (Å²) in [5, 5.41) is 5.23. The van der Waals surface area contributed by atoms with Gasteiger partial charge < -0.3 is 14.7 Å². The Balaban J connectivity index is 1.32. The number of oxazole rings is 1. The van der Waals surface area contributed by atoms with Crippen LogP contribution in [0.2, 0.25) is 10.0 Å². The lowest BCUT2D eigenvalue weighted by molar-refractivity contribution is 0.0946. The second-order valence-corrected chi connectivity index (χ2v) is 9.26. The van der Waals surface area contributed by atoms with Crippen molar-refractivity contribution < 1.29 is 9.21 Å². The van der Waals surface area contributed by atoms with Crippen LogP contribution in [-0.4, -0.2) is 33.4 Å². The number of halogens is 2. The highest BCUT2D eigenvalue weighted by molar-refractivity contribution is 6.42. The number of amides is 1. The van der Waals surface area contributed by atoms with E-state index in [1.54, 1.807) is 0 Å². The number of carbonyl (C=O) groups is 1. The van der Waals surface area contributed by atoms with Gasteiger partial charge in [0.05, 0.1) is 16.6 Å². The van der Waals surface area contributed by atoms with Gasteiger partial charge in [-0.3, -0.25) is 9.69 Å². The summed E-state index contributed by atoms with van der Waals surface area (Å²) in [5.74, 6) is 0.331. The van der Waals surface area contributed by atoms with Gasteiger partial charge in [0.2, 0.25) is 5.89 Å². The van der Waals surface area contributed by atoms with Crippen LogP contribution < -0.4 is 5.32 Å².